The first kappa shape index (κ1) is 23.7. The van der Waals surface area contributed by atoms with Gasteiger partial charge in [0.25, 0.3) is 5.91 Å². The summed E-state index contributed by atoms with van der Waals surface area (Å²) in [6, 6.07) is 0. The van der Waals surface area contributed by atoms with E-state index in [4.69, 9.17) is 13.9 Å². The fourth-order valence-electron chi connectivity index (χ4n) is 4.23. The van der Waals surface area contributed by atoms with Crippen LogP contribution in [-0.4, -0.2) is 60.2 Å². The van der Waals surface area contributed by atoms with Gasteiger partial charge in [-0.1, -0.05) is 26.7 Å². The summed E-state index contributed by atoms with van der Waals surface area (Å²) in [5.41, 5.74) is 0.232. The molecule has 3 rings (SSSR count). The Morgan fingerprint density at radius 3 is 2.58 bits per heavy atom. The number of carbonyl (C=O) groups excluding carboxylic acids is 2. The molecule has 0 unspecified atom stereocenters. The third kappa shape index (κ3) is 7.04. The second-order valence-electron chi connectivity index (χ2n) is 8.57. The van der Waals surface area contributed by atoms with Crippen LogP contribution in [0.1, 0.15) is 81.6 Å². The van der Waals surface area contributed by atoms with Crippen molar-refractivity contribution in [2.24, 2.45) is 5.92 Å². The normalized spacial score (nSPS) is 21.9. The number of aromatic nitrogens is 1. The van der Waals surface area contributed by atoms with Gasteiger partial charge < -0.3 is 24.1 Å². The van der Waals surface area contributed by atoms with Crippen LogP contribution in [0.25, 0.3) is 0 Å². The third-order valence-electron chi connectivity index (χ3n) is 6.13. The Hall–Kier alpha value is -1.93. The molecule has 0 aromatic carbocycles. The van der Waals surface area contributed by atoms with Crippen LogP contribution in [0, 0.1) is 5.92 Å². The first-order valence-corrected chi connectivity index (χ1v) is 11.8. The monoisotopic (exact) mass is 435 g/mol. The Morgan fingerprint density at radius 1 is 1.19 bits per heavy atom. The van der Waals surface area contributed by atoms with Gasteiger partial charge in [-0.25, -0.2) is 4.98 Å². The summed E-state index contributed by atoms with van der Waals surface area (Å²) in [5, 5.41) is 2.85. The van der Waals surface area contributed by atoms with Crippen molar-refractivity contribution < 1.29 is 23.5 Å². The largest absolute Gasteiger partial charge is 0.446 e. The maximum absolute atomic E-state index is 13.3. The summed E-state index contributed by atoms with van der Waals surface area (Å²) < 4.78 is 16.9. The Morgan fingerprint density at radius 2 is 1.94 bits per heavy atom. The van der Waals surface area contributed by atoms with Crippen LogP contribution in [0.5, 0.6) is 0 Å². The lowest BCUT2D eigenvalue weighted by Crippen LogP contribution is -2.40. The van der Waals surface area contributed by atoms with Gasteiger partial charge in [0, 0.05) is 32.2 Å². The van der Waals surface area contributed by atoms with Gasteiger partial charge in [-0.2, -0.15) is 0 Å². The molecule has 0 spiro atoms. The highest BCUT2D eigenvalue weighted by molar-refractivity contribution is 5.91. The zero-order valence-corrected chi connectivity index (χ0v) is 18.9. The van der Waals surface area contributed by atoms with E-state index in [1.54, 1.807) is 4.90 Å². The lowest BCUT2D eigenvalue weighted by atomic mass is 9.97. The van der Waals surface area contributed by atoms with Crippen molar-refractivity contribution in [3.63, 3.8) is 0 Å². The van der Waals surface area contributed by atoms with Crippen molar-refractivity contribution in [3.8, 4) is 0 Å². The van der Waals surface area contributed by atoms with Crippen molar-refractivity contribution in [3.05, 3.63) is 17.8 Å². The van der Waals surface area contributed by atoms with Gasteiger partial charge in [0.05, 0.1) is 18.8 Å². The molecule has 8 nitrogen and oxygen atoms in total. The molecule has 3 heterocycles. The lowest BCUT2D eigenvalue weighted by Gasteiger charge is -2.28. The first-order chi connectivity index (χ1) is 15.1. The molecule has 1 N–H and O–H groups in total. The van der Waals surface area contributed by atoms with E-state index >= 15 is 0 Å². The summed E-state index contributed by atoms with van der Waals surface area (Å²) in [4.78, 5) is 31.8. The Bertz CT molecular complexity index is 695. The topological polar surface area (TPSA) is 93.9 Å². The van der Waals surface area contributed by atoms with E-state index < -0.39 is 0 Å². The fraction of sp³-hybridized carbons (Fsp3) is 0.783. The van der Waals surface area contributed by atoms with Crippen LogP contribution < -0.4 is 5.32 Å². The molecule has 174 valence electrons. The molecule has 2 amide bonds. The SMILES string of the molecule is CCCC[C@H](CC)C(=O)N(Cc1nc(C(=O)NC[C@@H]2CCCO2)co1)C[C@@H]1CCCO1. The number of nitrogens with one attached hydrogen (secondary N) is 1. The minimum Gasteiger partial charge on any atom is -0.446 e. The van der Waals surface area contributed by atoms with Gasteiger partial charge >= 0.3 is 0 Å². The fourth-order valence-corrected chi connectivity index (χ4v) is 4.23. The van der Waals surface area contributed by atoms with E-state index in [-0.39, 0.29) is 42.2 Å². The van der Waals surface area contributed by atoms with Crippen LogP contribution in [-0.2, 0) is 20.8 Å². The highest BCUT2D eigenvalue weighted by atomic mass is 16.5. The predicted molar refractivity (Wildman–Crippen MR) is 116 cm³/mol. The Balaban J connectivity index is 1.61. The van der Waals surface area contributed by atoms with Crippen LogP contribution in [0.3, 0.4) is 0 Å². The Labute approximate surface area is 185 Å². The molecule has 1 aromatic heterocycles. The molecule has 1 aromatic rings. The number of oxazole rings is 1. The second kappa shape index (κ2) is 12.2. The Kier molecular flexibility index (Phi) is 9.33. The maximum atomic E-state index is 13.3. The molecule has 31 heavy (non-hydrogen) atoms. The van der Waals surface area contributed by atoms with Crippen LogP contribution >= 0.6 is 0 Å². The molecule has 2 saturated heterocycles. The van der Waals surface area contributed by atoms with E-state index in [1.165, 1.54) is 6.26 Å². The molecular weight excluding hydrogens is 398 g/mol. The molecular formula is C23H37N3O5. The summed E-state index contributed by atoms with van der Waals surface area (Å²) >= 11 is 0. The zero-order chi connectivity index (χ0) is 22.1. The number of hydrogen-bond acceptors (Lipinski definition) is 6. The van der Waals surface area contributed by atoms with Crippen molar-refractivity contribution in [1.82, 2.24) is 15.2 Å². The molecule has 3 atom stereocenters. The van der Waals surface area contributed by atoms with Gasteiger partial charge in [-0.15, -0.1) is 0 Å². The summed E-state index contributed by atoms with van der Waals surface area (Å²) in [5.74, 6) is 0.204. The minimum absolute atomic E-state index is 0.00880. The van der Waals surface area contributed by atoms with Crippen molar-refractivity contribution in [1.29, 1.82) is 0 Å². The van der Waals surface area contributed by atoms with Crippen molar-refractivity contribution >= 4 is 11.8 Å². The van der Waals surface area contributed by atoms with Gasteiger partial charge in [0.2, 0.25) is 11.8 Å². The number of amides is 2. The molecule has 2 fully saturated rings. The number of carbonyl (C=O) groups is 2. The summed E-state index contributed by atoms with van der Waals surface area (Å²) in [6.45, 7) is 6.95. The van der Waals surface area contributed by atoms with Gasteiger partial charge in [-0.3, -0.25) is 9.59 Å². The summed E-state index contributed by atoms with van der Waals surface area (Å²) in [7, 11) is 0. The highest BCUT2D eigenvalue weighted by Gasteiger charge is 2.28. The number of rotatable bonds is 12. The van der Waals surface area contributed by atoms with E-state index in [2.05, 4.69) is 24.1 Å². The molecule has 0 bridgehead atoms. The standard InChI is InChI=1S/C23H37N3O5/c1-3-5-8-17(4-2)23(28)26(14-19-10-7-12-30-19)15-21-25-20(16-31-21)22(27)24-13-18-9-6-11-29-18/h16-19H,3-15H2,1-2H3,(H,24,27)/t17-,18-,19-/m0/s1. The van der Waals surface area contributed by atoms with E-state index in [1.807, 2.05) is 0 Å². The van der Waals surface area contributed by atoms with Crippen LogP contribution in [0.2, 0.25) is 0 Å². The number of ether oxygens (including phenoxy) is 2. The van der Waals surface area contributed by atoms with Crippen molar-refractivity contribution in [2.75, 3.05) is 26.3 Å². The predicted octanol–water partition coefficient (Wildman–Crippen LogP) is 3.31. The smallest absolute Gasteiger partial charge is 0.273 e. The minimum atomic E-state index is -0.281. The molecule has 2 aliphatic rings. The molecule has 2 aliphatic heterocycles. The molecule has 8 heteroatoms. The summed E-state index contributed by atoms with van der Waals surface area (Å²) in [6.07, 6.45) is 9.25. The quantitative estimate of drug-likeness (QED) is 0.541. The molecule has 0 radical (unpaired) electrons. The third-order valence-corrected chi connectivity index (χ3v) is 6.13. The van der Waals surface area contributed by atoms with E-state index in [0.717, 1.165) is 64.6 Å². The highest BCUT2D eigenvalue weighted by Crippen LogP contribution is 2.21. The van der Waals surface area contributed by atoms with Crippen LogP contribution in [0.15, 0.2) is 10.7 Å². The molecule has 0 aliphatic carbocycles. The van der Waals surface area contributed by atoms with Gasteiger partial charge in [0.1, 0.15) is 6.26 Å². The number of unbranched alkanes of at least 4 members (excludes halogenated alkanes) is 1. The second-order valence-corrected chi connectivity index (χ2v) is 8.57. The maximum Gasteiger partial charge on any atom is 0.273 e. The first-order valence-electron chi connectivity index (χ1n) is 11.8. The van der Waals surface area contributed by atoms with Gasteiger partial charge in [0.15, 0.2) is 5.69 Å². The van der Waals surface area contributed by atoms with E-state index in [0.29, 0.717) is 19.0 Å². The average molecular weight is 436 g/mol. The van der Waals surface area contributed by atoms with Crippen molar-refractivity contribution in [2.45, 2.75) is 84.0 Å². The van der Waals surface area contributed by atoms with Crippen LogP contribution in [0.4, 0.5) is 0 Å². The number of hydrogen-bond donors (Lipinski definition) is 1. The van der Waals surface area contributed by atoms with Gasteiger partial charge in [-0.05, 0) is 38.5 Å². The van der Waals surface area contributed by atoms with E-state index in [9.17, 15) is 9.59 Å². The average Bonchev–Trinajstić information content (AvgIpc) is 3.55. The zero-order valence-electron chi connectivity index (χ0n) is 18.9. The lowest BCUT2D eigenvalue weighted by molar-refractivity contribution is -0.138. The number of nitrogens with zero attached hydrogens (tertiary/aromatic N) is 2. The molecule has 0 saturated carbocycles.